The van der Waals surface area contributed by atoms with Crippen LogP contribution in [0.4, 0.5) is 5.69 Å². The van der Waals surface area contributed by atoms with Crippen LogP contribution in [-0.4, -0.2) is 37.2 Å². The lowest BCUT2D eigenvalue weighted by Crippen LogP contribution is -2.38. The molecule has 1 aliphatic heterocycles. The van der Waals surface area contributed by atoms with E-state index in [2.05, 4.69) is 0 Å². The lowest BCUT2D eigenvalue weighted by molar-refractivity contribution is -0.142. The molecule has 0 spiro atoms. The smallest absolute Gasteiger partial charge is 0.331 e. The predicted molar refractivity (Wildman–Crippen MR) is 102 cm³/mol. The van der Waals surface area contributed by atoms with Gasteiger partial charge in [0.25, 0.3) is 5.91 Å². The molecule has 2 aromatic rings. The van der Waals surface area contributed by atoms with Crippen molar-refractivity contribution in [1.82, 2.24) is 0 Å². The standard InChI is InChI=1S/C21H21NO5/c1-26-19-13-15(8-10-18(19)23)9-11-21(25)27-14-20(24)22-12-4-6-16-5-2-3-7-17(16)22/h2-3,5,7-11,13,23H,4,6,12,14H2,1H3/b11-9+. The van der Waals surface area contributed by atoms with Crippen LogP contribution in [0.3, 0.4) is 0 Å². The third kappa shape index (κ3) is 4.47. The molecule has 140 valence electrons. The Labute approximate surface area is 157 Å². The Kier molecular flexibility index (Phi) is 5.76. The fourth-order valence-corrected chi connectivity index (χ4v) is 3.01. The fraction of sp³-hybridized carbons (Fsp3) is 0.238. The Morgan fingerprint density at radius 2 is 2.04 bits per heavy atom. The Morgan fingerprint density at radius 1 is 1.22 bits per heavy atom. The number of ether oxygens (including phenoxy) is 2. The van der Waals surface area contributed by atoms with Crippen LogP contribution in [0.2, 0.25) is 0 Å². The number of hydrogen-bond donors (Lipinski definition) is 1. The number of carbonyl (C=O) groups excluding carboxylic acids is 2. The summed E-state index contributed by atoms with van der Waals surface area (Å²) in [6.07, 6.45) is 4.60. The molecule has 0 bridgehead atoms. The zero-order valence-corrected chi connectivity index (χ0v) is 15.1. The lowest BCUT2D eigenvalue weighted by Gasteiger charge is -2.29. The normalized spacial score (nSPS) is 13.3. The van der Waals surface area contributed by atoms with Crippen LogP contribution >= 0.6 is 0 Å². The van der Waals surface area contributed by atoms with Gasteiger partial charge in [0.05, 0.1) is 7.11 Å². The monoisotopic (exact) mass is 367 g/mol. The average molecular weight is 367 g/mol. The quantitative estimate of drug-likeness (QED) is 0.650. The summed E-state index contributed by atoms with van der Waals surface area (Å²) in [7, 11) is 1.45. The minimum absolute atomic E-state index is 0.0182. The third-order valence-electron chi connectivity index (χ3n) is 4.36. The molecule has 1 amide bonds. The number of hydrogen-bond acceptors (Lipinski definition) is 5. The second-order valence-corrected chi connectivity index (χ2v) is 6.15. The van der Waals surface area contributed by atoms with E-state index >= 15 is 0 Å². The highest BCUT2D eigenvalue weighted by Gasteiger charge is 2.22. The van der Waals surface area contributed by atoms with Crippen LogP contribution in [0.5, 0.6) is 11.5 Å². The molecule has 3 rings (SSSR count). The molecule has 6 nitrogen and oxygen atoms in total. The topological polar surface area (TPSA) is 76.1 Å². The molecule has 0 radical (unpaired) electrons. The van der Waals surface area contributed by atoms with Gasteiger partial charge in [-0.05, 0) is 48.2 Å². The number of para-hydroxylation sites is 1. The van der Waals surface area contributed by atoms with E-state index in [0.717, 1.165) is 24.1 Å². The van der Waals surface area contributed by atoms with Crippen LogP contribution in [-0.2, 0) is 20.7 Å². The molecule has 1 N–H and O–H groups in total. The molecular formula is C21H21NO5. The second-order valence-electron chi connectivity index (χ2n) is 6.15. The van der Waals surface area contributed by atoms with E-state index in [1.54, 1.807) is 17.0 Å². The number of esters is 1. The van der Waals surface area contributed by atoms with Crippen molar-refractivity contribution < 1.29 is 24.2 Å². The van der Waals surface area contributed by atoms with Gasteiger partial charge in [0.15, 0.2) is 18.1 Å². The molecule has 2 aromatic carbocycles. The number of aromatic hydroxyl groups is 1. The van der Waals surface area contributed by atoms with Gasteiger partial charge in [-0.3, -0.25) is 4.79 Å². The number of phenols is 1. The molecule has 6 heteroatoms. The molecule has 0 unspecified atom stereocenters. The van der Waals surface area contributed by atoms with Gasteiger partial charge in [0, 0.05) is 18.3 Å². The first kappa shape index (κ1) is 18.5. The van der Waals surface area contributed by atoms with E-state index in [0.29, 0.717) is 17.9 Å². The highest BCUT2D eigenvalue weighted by Crippen LogP contribution is 2.27. The number of fused-ring (bicyclic) bond motifs is 1. The van der Waals surface area contributed by atoms with Gasteiger partial charge >= 0.3 is 5.97 Å². The average Bonchev–Trinajstić information content (AvgIpc) is 2.70. The number of rotatable bonds is 5. The summed E-state index contributed by atoms with van der Waals surface area (Å²) in [5.74, 6) is -0.523. The number of amides is 1. The minimum Gasteiger partial charge on any atom is -0.504 e. The van der Waals surface area contributed by atoms with Crippen LogP contribution in [0.25, 0.3) is 6.08 Å². The zero-order chi connectivity index (χ0) is 19.2. The number of carbonyl (C=O) groups is 2. The maximum absolute atomic E-state index is 12.4. The van der Waals surface area contributed by atoms with Gasteiger partial charge in [-0.15, -0.1) is 0 Å². The van der Waals surface area contributed by atoms with Gasteiger partial charge in [0.2, 0.25) is 0 Å². The SMILES string of the molecule is COc1cc(/C=C/C(=O)OCC(=O)N2CCCc3ccccc32)ccc1O. The van der Waals surface area contributed by atoms with Gasteiger partial charge < -0.3 is 19.5 Å². The zero-order valence-electron chi connectivity index (χ0n) is 15.1. The van der Waals surface area contributed by atoms with Crippen LogP contribution in [0.15, 0.2) is 48.5 Å². The summed E-state index contributed by atoms with van der Waals surface area (Å²) >= 11 is 0. The van der Waals surface area contributed by atoms with Crippen molar-refractivity contribution in [2.45, 2.75) is 12.8 Å². The Morgan fingerprint density at radius 3 is 2.85 bits per heavy atom. The maximum atomic E-state index is 12.4. The van der Waals surface area contributed by atoms with Crippen LogP contribution in [0, 0.1) is 0 Å². The minimum atomic E-state index is -0.610. The molecule has 1 heterocycles. The molecule has 0 fully saturated rings. The summed E-state index contributed by atoms with van der Waals surface area (Å²) in [5.41, 5.74) is 2.68. The Hall–Kier alpha value is -3.28. The van der Waals surface area contributed by atoms with Crippen molar-refractivity contribution in [2.24, 2.45) is 0 Å². The number of aryl methyl sites for hydroxylation is 1. The first-order chi connectivity index (χ1) is 13.1. The van der Waals surface area contributed by atoms with E-state index in [9.17, 15) is 14.7 Å². The largest absolute Gasteiger partial charge is 0.504 e. The van der Waals surface area contributed by atoms with Crippen molar-refractivity contribution in [2.75, 3.05) is 25.2 Å². The van der Waals surface area contributed by atoms with Gasteiger partial charge in [-0.1, -0.05) is 24.3 Å². The lowest BCUT2D eigenvalue weighted by atomic mass is 10.0. The van der Waals surface area contributed by atoms with Crippen molar-refractivity contribution >= 4 is 23.6 Å². The number of benzene rings is 2. The number of anilines is 1. The Bertz CT molecular complexity index is 875. The molecule has 0 saturated heterocycles. The summed E-state index contributed by atoms with van der Waals surface area (Å²) in [6.45, 7) is 0.312. The fourth-order valence-electron chi connectivity index (χ4n) is 3.01. The number of nitrogens with zero attached hydrogens (tertiary/aromatic N) is 1. The molecule has 0 aliphatic carbocycles. The number of phenolic OH excluding ortho intramolecular Hbond substituents is 1. The molecule has 1 aliphatic rings. The van der Waals surface area contributed by atoms with E-state index in [1.165, 1.54) is 25.3 Å². The van der Waals surface area contributed by atoms with Crippen molar-refractivity contribution in [3.63, 3.8) is 0 Å². The third-order valence-corrected chi connectivity index (χ3v) is 4.36. The van der Waals surface area contributed by atoms with E-state index < -0.39 is 5.97 Å². The van der Waals surface area contributed by atoms with E-state index in [4.69, 9.17) is 9.47 Å². The van der Waals surface area contributed by atoms with E-state index in [-0.39, 0.29) is 18.3 Å². The summed E-state index contributed by atoms with van der Waals surface area (Å²) in [6, 6.07) is 12.5. The maximum Gasteiger partial charge on any atom is 0.331 e. The highest BCUT2D eigenvalue weighted by molar-refractivity contribution is 5.97. The molecule has 0 saturated carbocycles. The van der Waals surface area contributed by atoms with Crippen molar-refractivity contribution in [1.29, 1.82) is 0 Å². The molecule has 0 aromatic heterocycles. The van der Waals surface area contributed by atoms with E-state index in [1.807, 2.05) is 24.3 Å². The van der Waals surface area contributed by atoms with Crippen LogP contribution in [0.1, 0.15) is 17.5 Å². The summed E-state index contributed by atoms with van der Waals surface area (Å²) in [5, 5.41) is 9.57. The molecule has 27 heavy (non-hydrogen) atoms. The first-order valence-electron chi connectivity index (χ1n) is 8.68. The van der Waals surface area contributed by atoms with Gasteiger partial charge in [-0.2, -0.15) is 0 Å². The first-order valence-corrected chi connectivity index (χ1v) is 8.68. The van der Waals surface area contributed by atoms with Gasteiger partial charge in [0.1, 0.15) is 0 Å². The Balaban J connectivity index is 1.57. The van der Waals surface area contributed by atoms with Crippen LogP contribution < -0.4 is 9.64 Å². The molecular weight excluding hydrogens is 346 g/mol. The van der Waals surface area contributed by atoms with Gasteiger partial charge in [-0.25, -0.2) is 4.79 Å². The van der Waals surface area contributed by atoms with Crippen molar-refractivity contribution in [3.05, 3.63) is 59.7 Å². The van der Waals surface area contributed by atoms with Crippen molar-refractivity contribution in [3.8, 4) is 11.5 Å². The summed E-state index contributed by atoms with van der Waals surface area (Å²) in [4.78, 5) is 26.0. The second kappa shape index (κ2) is 8.40. The molecule has 0 atom stereocenters. The number of methoxy groups -OCH3 is 1. The predicted octanol–water partition coefficient (Wildman–Crippen LogP) is 2.94. The highest BCUT2D eigenvalue weighted by atomic mass is 16.5. The summed E-state index contributed by atoms with van der Waals surface area (Å²) < 4.78 is 10.1.